The van der Waals surface area contributed by atoms with E-state index in [1.165, 1.54) is 0 Å². The van der Waals surface area contributed by atoms with E-state index in [2.05, 4.69) is 41.5 Å². The summed E-state index contributed by atoms with van der Waals surface area (Å²) in [4.78, 5) is 10.6. The summed E-state index contributed by atoms with van der Waals surface area (Å²) in [6.07, 6.45) is 4.55. The summed E-state index contributed by atoms with van der Waals surface area (Å²) in [5.41, 5.74) is 1.70. The van der Waals surface area contributed by atoms with Crippen molar-refractivity contribution in [3.05, 3.63) is 12.3 Å². The van der Waals surface area contributed by atoms with Crippen LogP contribution in [0.15, 0.2) is 12.3 Å². The van der Waals surface area contributed by atoms with Crippen LogP contribution in [0, 0.1) is 5.92 Å². The lowest BCUT2D eigenvalue weighted by molar-refractivity contribution is -0.109. The molecule has 0 heterocycles. The molecule has 0 rings (SSSR count). The first-order valence-corrected chi connectivity index (χ1v) is 8.72. The van der Waals surface area contributed by atoms with Gasteiger partial charge in [0.05, 0.1) is 6.26 Å². The third-order valence-corrected chi connectivity index (χ3v) is 9.53. The fourth-order valence-corrected chi connectivity index (χ4v) is 7.87. The Morgan fingerprint density at radius 2 is 1.29 bits per heavy atom. The Balaban J connectivity index is 4.94. The van der Waals surface area contributed by atoms with Gasteiger partial charge in [-0.2, -0.15) is 0 Å². The van der Waals surface area contributed by atoms with Crippen molar-refractivity contribution in [2.24, 2.45) is 5.92 Å². The van der Waals surface area contributed by atoms with E-state index in [0.717, 1.165) is 6.29 Å². The minimum absolute atomic E-state index is 0.0619. The van der Waals surface area contributed by atoms with Crippen LogP contribution in [-0.2, 0) is 9.22 Å². The van der Waals surface area contributed by atoms with Crippen LogP contribution in [0.25, 0.3) is 0 Å². The number of rotatable bonds is 7. The van der Waals surface area contributed by atoms with Crippen LogP contribution < -0.4 is 0 Å². The van der Waals surface area contributed by atoms with Gasteiger partial charge in [0.2, 0.25) is 0 Å². The Kier molecular flexibility index (Phi) is 6.76. The molecule has 0 aromatic rings. The van der Waals surface area contributed by atoms with Crippen molar-refractivity contribution in [2.75, 3.05) is 0 Å². The van der Waals surface area contributed by atoms with Gasteiger partial charge < -0.3 is 9.22 Å². The predicted octanol–water partition coefficient (Wildman–Crippen LogP) is 4.53. The minimum Gasteiger partial charge on any atom is -0.548 e. The molecule has 3 heteroatoms. The van der Waals surface area contributed by atoms with Gasteiger partial charge in [-0.15, -0.1) is 0 Å². The van der Waals surface area contributed by atoms with E-state index < -0.39 is 8.32 Å². The summed E-state index contributed by atoms with van der Waals surface area (Å²) < 4.78 is 6.19. The lowest BCUT2D eigenvalue weighted by Crippen LogP contribution is -2.46. The number of carbonyl (C=O) groups is 1. The van der Waals surface area contributed by atoms with Crippen molar-refractivity contribution in [2.45, 2.75) is 65.1 Å². The maximum Gasteiger partial charge on any atom is 0.257 e. The van der Waals surface area contributed by atoms with Crippen molar-refractivity contribution < 1.29 is 9.22 Å². The van der Waals surface area contributed by atoms with Crippen molar-refractivity contribution in [1.29, 1.82) is 0 Å². The molecule has 0 fully saturated rings. The molecule has 0 aliphatic rings. The molecular weight excluding hydrogens is 228 g/mol. The fraction of sp³-hybridized carbons (Fsp3) is 0.786. The standard InChI is InChI=1S/C14H28O2Si/c1-11(2)17(12(3)4,13(5)6)16-9-8-14(7)10-15/h8-14H,1-7H3/b9-8+/t14-/m1/s1. The molecule has 0 unspecified atom stereocenters. The topological polar surface area (TPSA) is 26.3 Å². The van der Waals surface area contributed by atoms with E-state index in [1.54, 1.807) is 6.26 Å². The zero-order valence-corrected chi connectivity index (χ0v) is 13.4. The Morgan fingerprint density at radius 1 is 0.882 bits per heavy atom. The molecule has 0 bridgehead atoms. The van der Waals surface area contributed by atoms with Crippen LogP contribution in [0.1, 0.15) is 48.5 Å². The van der Waals surface area contributed by atoms with Crippen molar-refractivity contribution in [1.82, 2.24) is 0 Å². The molecule has 17 heavy (non-hydrogen) atoms. The molecule has 1 atom stereocenters. The van der Waals surface area contributed by atoms with Gasteiger partial charge in [0.15, 0.2) is 0 Å². The highest BCUT2D eigenvalue weighted by Crippen LogP contribution is 2.42. The van der Waals surface area contributed by atoms with Gasteiger partial charge in [-0.05, 0) is 22.7 Å². The molecule has 100 valence electrons. The lowest BCUT2D eigenvalue weighted by Gasteiger charge is -2.41. The molecule has 0 aromatic heterocycles. The number of aldehydes is 1. The summed E-state index contributed by atoms with van der Waals surface area (Å²) in [6.45, 7) is 15.4. The van der Waals surface area contributed by atoms with E-state index in [9.17, 15) is 4.79 Å². The van der Waals surface area contributed by atoms with Crippen LogP contribution in [0.3, 0.4) is 0 Å². The number of hydrogen-bond donors (Lipinski definition) is 0. The van der Waals surface area contributed by atoms with Gasteiger partial charge >= 0.3 is 0 Å². The van der Waals surface area contributed by atoms with E-state index in [0.29, 0.717) is 16.6 Å². The monoisotopic (exact) mass is 256 g/mol. The van der Waals surface area contributed by atoms with Gasteiger partial charge in [-0.1, -0.05) is 48.5 Å². The highest BCUT2D eigenvalue weighted by Gasteiger charge is 2.46. The number of allylic oxidation sites excluding steroid dienone is 1. The molecule has 0 saturated heterocycles. The molecule has 0 N–H and O–H groups in total. The Labute approximate surface area is 108 Å². The van der Waals surface area contributed by atoms with Gasteiger partial charge in [-0.3, -0.25) is 0 Å². The minimum atomic E-state index is -1.81. The SMILES string of the molecule is CC(C)[Si](O/C=C/[C@@H](C)C=O)(C(C)C)C(C)C. The third-order valence-electron chi connectivity index (χ3n) is 3.58. The van der Waals surface area contributed by atoms with Crippen molar-refractivity contribution in [3.8, 4) is 0 Å². The molecule has 0 aliphatic carbocycles. The highest BCUT2D eigenvalue weighted by atomic mass is 28.4. The molecule has 0 radical (unpaired) electrons. The zero-order valence-electron chi connectivity index (χ0n) is 12.4. The maximum atomic E-state index is 10.6. The molecule has 0 aromatic carbocycles. The quantitative estimate of drug-likeness (QED) is 0.380. The second-order valence-corrected chi connectivity index (χ2v) is 11.2. The molecule has 2 nitrogen and oxygen atoms in total. The Bertz CT molecular complexity index is 235. The van der Waals surface area contributed by atoms with Gasteiger partial charge in [-0.25, -0.2) is 0 Å². The van der Waals surface area contributed by atoms with E-state index in [-0.39, 0.29) is 5.92 Å². The average Bonchev–Trinajstić information content (AvgIpc) is 2.22. The van der Waals surface area contributed by atoms with Gasteiger partial charge in [0.25, 0.3) is 8.32 Å². The molecule has 0 aliphatic heterocycles. The number of hydrogen-bond acceptors (Lipinski definition) is 2. The van der Waals surface area contributed by atoms with Gasteiger partial charge in [0.1, 0.15) is 6.29 Å². The Hall–Kier alpha value is -0.573. The first-order valence-electron chi connectivity index (χ1n) is 6.58. The second-order valence-electron chi connectivity index (χ2n) is 5.76. The highest BCUT2D eigenvalue weighted by molar-refractivity contribution is 6.77. The molecular formula is C14H28O2Si. The normalized spacial score (nSPS) is 14.9. The molecule has 0 spiro atoms. The first-order chi connectivity index (χ1) is 7.78. The van der Waals surface area contributed by atoms with Crippen LogP contribution in [0.5, 0.6) is 0 Å². The van der Waals surface area contributed by atoms with Crippen LogP contribution >= 0.6 is 0 Å². The third kappa shape index (κ3) is 3.98. The zero-order chi connectivity index (χ0) is 13.6. The Morgan fingerprint density at radius 3 is 1.59 bits per heavy atom. The molecule has 0 saturated carbocycles. The van der Waals surface area contributed by atoms with Crippen molar-refractivity contribution in [3.63, 3.8) is 0 Å². The predicted molar refractivity (Wildman–Crippen MR) is 76.5 cm³/mol. The summed E-state index contributed by atoms with van der Waals surface area (Å²) in [6, 6.07) is 0. The fourth-order valence-electron chi connectivity index (χ4n) is 2.73. The van der Waals surface area contributed by atoms with Crippen LogP contribution in [0.2, 0.25) is 16.6 Å². The maximum absolute atomic E-state index is 10.6. The average molecular weight is 256 g/mol. The first kappa shape index (κ1) is 16.4. The van der Waals surface area contributed by atoms with E-state index >= 15 is 0 Å². The number of carbonyl (C=O) groups excluding carboxylic acids is 1. The van der Waals surface area contributed by atoms with Crippen LogP contribution in [0.4, 0.5) is 0 Å². The lowest BCUT2D eigenvalue weighted by atomic mass is 10.2. The van der Waals surface area contributed by atoms with E-state index in [4.69, 9.17) is 4.43 Å². The van der Waals surface area contributed by atoms with Gasteiger partial charge in [0, 0.05) is 5.92 Å². The summed E-state index contributed by atoms with van der Waals surface area (Å²) in [7, 11) is -1.81. The van der Waals surface area contributed by atoms with Crippen LogP contribution in [-0.4, -0.2) is 14.6 Å². The molecule has 0 amide bonds. The van der Waals surface area contributed by atoms with E-state index in [1.807, 2.05) is 13.0 Å². The van der Waals surface area contributed by atoms with Crippen molar-refractivity contribution >= 4 is 14.6 Å². The second kappa shape index (κ2) is 6.99. The largest absolute Gasteiger partial charge is 0.548 e. The summed E-state index contributed by atoms with van der Waals surface area (Å²) >= 11 is 0. The summed E-state index contributed by atoms with van der Waals surface area (Å²) in [5, 5.41) is 0. The summed E-state index contributed by atoms with van der Waals surface area (Å²) in [5.74, 6) is -0.0619. The smallest absolute Gasteiger partial charge is 0.257 e.